The molecule has 2 aromatic rings. The highest BCUT2D eigenvalue weighted by Crippen LogP contribution is 2.30. The van der Waals surface area contributed by atoms with Crippen LogP contribution in [-0.2, 0) is 17.5 Å². The first-order chi connectivity index (χ1) is 13.5. The van der Waals surface area contributed by atoms with Gasteiger partial charge in [-0.1, -0.05) is 6.07 Å². The molecule has 0 bridgehead atoms. The highest BCUT2D eigenvalue weighted by molar-refractivity contribution is 5.92. The molecule has 0 aliphatic carbocycles. The second kappa shape index (κ2) is 9.07. The molecule has 0 aliphatic heterocycles. The van der Waals surface area contributed by atoms with Gasteiger partial charge < -0.3 is 9.64 Å². The molecule has 8 heteroatoms. The van der Waals surface area contributed by atoms with Gasteiger partial charge in [0.05, 0.1) is 23.2 Å². The number of hydrogen-bond acceptors (Lipinski definition) is 3. The summed E-state index contributed by atoms with van der Waals surface area (Å²) < 4.78 is 56.8. The minimum atomic E-state index is -4.64. The van der Waals surface area contributed by atoms with Crippen LogP contribution in [-0.4, -0.2) is 30.8 Å². The van der Waals surface area contributed by atoms with Gasteiger partial charge in [0.1, 0.15) is 12.4 Å². The van der Waals surface area contributed by atoms with Crippen molar-refractivity contribution in [3.05, 3.63) is 64.0 Å². The van der Waals surface area contributed by atoms with Gasteiger partial charge in [-0.15, -0.1) is 0 Å². The van der Waals surface area contributed by atoms with Crippen LogP contribution in [0.4, 0.5) is 23.2 Å². The van der Waals surface area contributed by atoms with E-state index in [4.69, 9.17) is 4.74 Å². The molecule has 0 aromatic heterocycles. The number of hydrogen-bond donors (Lipinski definition) is 0. The first-order valence-corrected chi connectivity index (χ1v) is 8.92. The van der Waals surface area contributed by atoms with Gasteiger partial charge in [-0.25, -0.2) is 14.2 Å². The molecule has 0 saturated carbocycles. The lowest BCUT2D eigenvalue weighted by atomic mass is 10.0. The Morgan fingerprint density at radius 3 is 2.45 bits per heavy atom. The average Bonchev–Trinajstić information content (AvgIpc) is 2.66. The number of rotatable bonds is 6. The SMILES string of the molecule is CCN(C)C=Nc1ccc(C(=O)OCc2ccc(C(F)(F)F)cc2F)c(C)c1C. The van der Waals surface area contributed by atoms with E-state index in [0.717, 1.165) is 24.2 Å². The minimum Gasteiger partial charge on any atom is -0.457 e. The first-order valence-electron chi connectivity index (χ1n) is 8.92. The molecule has 0 saturated heterocycles. The van der Waals surface area contributed by atoms with Gasteiger partial charge in [0.25, 0.3) is 0 Å². The normalized spacial score (nSPS) is 11.7. The van der Waals surface area contributed by atoms with E-state index in [9.17, 15) is 22.4 Å². The summed E-state index contributed by atoms with van der Waals surface area (Å²) in [6.07, 6.45) is -2.95. The third-order valence-corrected chi connectivity index (χ3v) is 4.61. The number of carbonyl (C=O) groups excluding carboxylic acids is 1. The van der Waals surface area contributed by atoms with Gasteiger partial charge in [-0.2, -0.15) is 13.2 Å². The number of benzene rings is 2. The lowest BCUT2D eigenvalue weighted by Crippen LogP contribution is -2.14. The Labute approximate surface area is 166 Å². The van der Waals surface area contributed by atoms with Crippen molar-refractivity contribution in [3.63, 3.8) is 0 Å². The van der Waals surface area contributed by atoms with Gasteiger partial charge in [-0.3, -0.25) is 0 Å². The first kappa shape index (κ1) is 22.4. The van der Waals surface area contributed by atoms with E-state index in [0.29, 0.717) is 17.3 Å². The molecule has 0 aliphatic rings. The zero-order valence-corrected chi connectivity index (χ0v) is 16.6. The van der Waals surface area contributed by atoms with E-state index in [2.05, 4.69) is 4.99 Å². The largest absolute Gasteiger partial charge is 0.457 e. The van der Waals surface area contributed by atoms with E-state index in [-0.39, 0.29) is 11.1 Å². The van der Waals surface area contributed by atoms with Crippen molar-refractivity contribution in [2.75, 3.05) is 13.6 Å². The van der Waals surface area contributed by atoms with Crippen molar-refractivity contribution >= 4 is 18.0 Å². The summed E-state index contributed by atoms with van der Waals surface area (Å²) in [6.45, 7) is 5.88. The summed E-state index contributed by atoms with van der Waals surface area (Å²) in [6, 6.07) is 5.34. The maximum atomic E-state index is 13.9. The van der Waals surface area contributed by atoms with E-state index in [1.807, 2.05) is 25.8 Å². The average molecular weight is 410 g/mol. The topological polar surface area (TPSA) is 41.9 Å². The number of ether oxygens (including phenoxy) is 1. The van der Waals surface area contributed by atoms with Crippen LogP contribution in [0.3, 0.4) is 0 Å². The van der Waals surface area contributed by atoms with Crippen molar-refractivity contribution in [1.29, 1.82) is 0 Å². The van der Waals surface area contributed by atoms with Gasteiger partial charge in [0.15, 0.2) is 0 Å². The predicted molar refractivity (Wildman–Crippen MR) is 103 cm³/mol. The van der Waals surface area contributed by atoms with E-state index in [1.165, 1.54) is 0 Å². The van der Waals surface area contributed by atoms with Crippen LogP contribution in [0.1, 0.15) is 39.5 Å². The monoisotopic (exact) mass is 410 g/mol. The molecule has 0 radical (unpaired) electrons. The second-order valence-corrected chi connectivity index (χ2v) is 6.58. The summed E-state index contributed by atoms with van der Waals surface area (Å²) in [5, 5.41) is 0. The molecule has 0 unspecified atom stereocenters. The maximum Gasteiger partial charge on any atom is 0.416 e. The van der Waals surface area contributed by atoms with Crippen molar-refractivity contribution in [2.45, 2.75) is 33.6 Å². The fourth-order valence-corrected chi connectivity index (χ4v) is 2.47. The standard InChI is InChI=1S/C21H22F4N2O2/c1-5-27(4)12-26-19-9-8-17(13(2)14(19)3)20(28)29-11-15-6-7-16(10-18(15)22)21(23,24)25/h6-10,12H,5,11H2,1-4H3. The van der Waals surface area contributed by atoms with Crippen molar-refractivity contribution < 1.29 is 27.1 Å². The molecule has 29 heavy (non-hydrogen) atoms. The molecule has 0 amide bonds. The third-order valence-electron chi connectivity index (χ3n) is 4.61. The molecule has 0 fully saturated rings. The number of esters is 1. The lowest BCUT2D eigenvalue weighted by Gasteiger charge is -2.13. The Bertz CT molecular complexity index is 924. The highest BCUT2D eigenvalue weighted by Gasteiger charge is 2.31. The molecule has 156 valence electrons. The van der Waals surface area contributed by atoms with Gasteiger partial charge in [0.2, 0.25) is 0 Å². The molecule has 0 spiro atoms. The Balaban J connectivity index is 2.14. The smallest absolute Gasteiger partial charge is 0.416 e. The molecule has 0 atom stereocenters. The van der Waals surface area contributed by atoms with E-state index >= 15 is 0 Å². The van der Waals surface area contributed by atoms with Crippen molar-refractivity contribution in [1.82, 2.24) is 4.90 Å². The molecule has 0 heterocycles. The Hall–Kier alpha value is -2.90. The van der Waals surface area contributed by atoms with Crippen LogP contribution in [0.15, 0.2) is 35.3 Å². The fourth-order valence-electron chi connectivity index (χ4n) is 2.47. The zero-order chi connectivity index (χ0) is 21.8. The van der Waals surface area contributed by atoms with Gasteiger partial charge >= 0.3 is 12.1 Å². The number of halogens is 4. The van der Waals surface area contributed by atoms with Crippen LogP contribution in [0.2, 0.25) is 0 Å². The molecular weight excluding hydrogens is 388 g/mol. The summed E-state index contributed by atoms with van der Waals surface area (Å²) in [4.78, 5) is 18.7. The Morgan fingerprint density at radius 2 is 1.86 bits per heavy atom. The lowest BCUT2D eigenvalue weighted by molar-refractivity contribution is -0.137. The Kier molecular flexibility index (Phi) is 7.00. The van der Waals surface area contributed by atoms with Crippen LogP contribution < -0.4 is 0 Å². The quantitative estimate of drug-likeness (QED) is 0.276. The van der Waals surface area contributed by atoms with Gasteiger partial charge in [0, 0.05) is 19.2 Å². The molecule has 2 rings (SSSR count). The van der Waals surface area contributed by atoms with Crippen molar-refractivity contribution in [3.8, 4) is 0 Å². The molecule has 0 N–H and O–H groups in total. The number of alkyl halides is 3. The van der Waals surface area contributed by atoms with Crippen molar-refractivity contribution in [2.24, 2.45) is 4.99 Å². The highest BCUT2D eigenvalue weighted by atomic mass is 19.4. The van der Waals surface area contributed by atoms with E-state index < -0.39 is 30.1 Å². The van der Waals surface area contributed by atoms with Crippen LogP contribution in [0.5, 0.6) is 0 Å². The zero-order valence-electron chi connectivity index (χ0n) is 16.6. The van der Waals surface area contributed by atoms with Crippen LogP contribution >= 0.6 is 0 Å². The third kappa shape index (κ3) is 5.56. The minimum absolute atomic E-state index is 0.135. The van der Waals surface area contributed by atoms with Gasteiger partial charge in [-0.05, 0) is 56.2 Å². The van der Waals surface area contributed by atoms with Crippen LogP contribution in [0, 0.1) is 19.7 Å². The molecular formula is C21H22F4N2O2. The van der Waals surface area contributed by atoms with E-state index in [1.54, 1.807) is 25.4 Å². The Morgan fingerprint density at radius 1 is 1.17 bits per heavy atom. The summed E-state index contributed by atoms with van der Waals surface area (Å²) in [5.74, 6) is -1.77. The number of nitrogens with zero attached hydrogens (tertiary/aromatic N) is 2. The second-order valence-electron chi connectivity index (χ2n) is 6.58. The summed E-state index contributed by atoms with van der Waals surface area (Å²) in [7, 11) is 1.89. The molecule has 2 aromatic carbocycles. The summed E-state index contributed by atoms with van der Waals surface area (Å²) >= 11 is 0. The summed E-state index contributed by atoms with van der Waals surface area (Å²) in [5.41, 5.74) is 1.22. The molecule has 4 nitrogen and oxygen atoms in total. The number of aliphatic imine (C=N–C) groups is 1. The fraction of sp³-hybridized carbons (Fsp3) is 0.333. The predicted octanol–water partition coefficient (Wildman–Crippen LogP) is 5.43. The maximum absolute atomic E-state index is 13.9. The van der Waals surface area contributed by atoms with Crippen LogP contribution in [0.25, 0.3) is 0 Å². The number of carbonyl (C=O) groups is 1.